The van der Waals surface area contributed by atoms with E-state index >= 15 is 0 Å². The lowest BCUT2D eigenvalue weighted by Gasteiger charge is -2.17. The van der Waals surface area contributed by atoms with Crippen LogP contribution in [0.25, 0.3) is 0 Å². The Morgan fingerprint density at radius 1 is 1.25 bits per heavy atom. The number of ether oxygens (including phenoxy) is 1. The molecule has 2 rings (SSSR count). The van der Waals surface area contributed by atoms with E-state index in [1.54, 1.807) is 31.2 Å². The average Bonchev–Trinajstić information content (AvgIpc) is 2.46. The van der Waals surface area contributed by atoms with E-state index in [0.29, 0.717) is 6.54 Å². The van der Waals surface area contributed by atoms with Crippen LogP contribution in [0, 0.1) is 0 Å². The maximum Gasteiger partial charge on any atom is 0.270 e. The lowest BCUT2D eigenvalue weighted by atomic mass is 10.2. The van der Waals surface area contributed by atoms with Gasteiger partial charge in [-0.15, -0.1) is 0 Å². The van der Waals surface area contributed by atoms with Gasteiger partial charge in [0.2, 0.25) is 5.56 Å². The molecule has 0 spiro atoms. The number of benzene rings is 1. The summed E-state index contributed by atoms with van der Waals surface area (Å²) in [6.45, 7) is 0.437. The Balaban J connectivity index is 2.13. The number of amides is 1. The summed E-state index contributed by atoms with van der Waals surface area (Å²) in [5, 5.41) is 0. The van der Waals surface area contributed by atoms with Gasteiger partial charge >= 0.3 is 0 Å². The minimum absolute atomic E-state index is 0.231. The van der Waals surface area contributed by atoms with Gasteiger partial charge in [0.25, 0.3) is 5.91 Å². The Morgan fingerprint density at radius 3 is 2.70 bits per heavy atom. The third-order valence-corrected chi connectivity index (χ3v) is 2.90. The number of hydrogen-bond donors (Lipinski definition) is 1. The van der Waals surface area contributed by atoms with Gasteiger partial charge in [0.1, 0.15) is 11.4 Å². The Hall–Kier alpha value is -2.56. The van der Waals surface area contributed by atoms with Crippen molar-refractivity contribution in [3.8, 4) is 5.75 Å². The van der Waals surface area contributed by atoms with Crippen LogP contribution in [0.4, 0.5) is 0 Å². The first-order chi connectivity index (χ1) is 9.60. The zero-order valence-corrected chi connectivity index (χ0v) is 11.4. The van der Waals surface area contributed by atoms with E-state index in [9.17, 15) is 9.59 Å². The van der Waals surface area contributed by atoms with Gasteiger partial charge in [-0.3, -0.25) is 9.59 Å². The SMILES string of the molecule is COc1cccc(CN(C)C(=O)c2cccc(=O)[nH]2)c1. The predicted octanol–water partition coefficient (Wildman–Crippen LogP) is 1.66. The Bertz CT molecular complexity index is 664. The number of aromatic amines is 1. The van der Waals surface area contributed by atoms with Crippen LogP contribution in [0.5, 0.6) is 5.75 Å². The van der Waals surface area contributed by atoms with Gasteiger partial charge in [0.15, 0.2) is 0 Å². The molecule has 1 amide bonds. The van der Waals surface area contributed by atoms with Crippen LogP contribution in [0.2, 0.25) is 0 Å². The summed E-state index contributed by atoms with van der Waals surface area (Å²) in [6.07, 6.45) is 0. The molecule has 0 fully saturated rings. The van der Waals surface area contributed by atoms with Crippen molar-refractivity contribution in [1.82, 2.24) is 9.88 Å². The van der Waals surface area contributed by atoms with Gasteiger partial charge in [-0.25, -0.2) is 0 Å². The second kappa shape index (κ2) is 6.06. The highest BCUT2D eigenvalue weighted by Crippen LogP contribution is 2.14. The highest BCUT2D eigenvalue weighted by atomic mass is 16.5. The van der Waals surface area contributed by atoms with Crippen LogP contribution in [-0.2, 0) is 6.54 Å². The largest absolute Gasteiger partial charge is 0.497 e. The third kappa shape index (κ3) is 3.26. The highest BCUT2D eigenvalue weighted by molar-refractivity contribution is 5.91. The number of nitrogens with zero attached hydrogens (tertiary/aromatic N) is 1. The number of rotatable bonds is 4. The van der Waals surface area contributed by atoms with Crippen molar-refractivity contribution < 1.29 is 9.53 Å². The summed E-state index contributed by atoms with van der Waals surface area (Å²) in [4.78, 5) is 27.5. The van der Waals surface area contributed by atoms with Gasteiger partial charge in [-0.05, 0) is 23.8 Å². The molecule has 104 valence electrons. The second-order valence-electron chi connectivity index (χ2n) is 4.44. The summed E-state index contributed by atoms with van der Waals surface area (Å²) in [6, 6.07) is 12.0. The van der Waals surface area contributed by atoms with Crippen LogP contribution in [-0.4, -0.2) is 29.9 Å². The first-order valence-electron chi connectivity index (χ1n) is 6.18. The summed E-state index contributed by atoms with van der Waals surface area (Å²) in [7, 11) is 3.29. The zero-order valence-electron chi connectivity index (χ0n) is 11.4. The van der Waals surface area contributed by atoms with E-state index in [4.69, 9.17) is 4.74 Å². The van der Waals surface area contributed by atoms with E-state index in [1.807, 2.05) is 24.3 Å². The molecule has 0 saturated carbocycles. The molecule has 1 aromatic carbocycles. The number of nitrogens with one attached hydrogen (secondary N) is 1. The molecule has 1 aromatic heterocycles. The molecule has 0 atom stereocenters. The number of methoxy groups -OCH3 is 1. The number of aromatic nitrogens is 1. The molecule has 0 unspecified atom stereocenters. The molecule has 0 bridgehead atoms. The lowest BCUT2D eigenvalue weighted by molar-refractivity contribution is 0.0779. The van der Waals surface area contributed by atoms with Crippen LogP contribution in [0.1, 0.15) is 16.1 Å². The molecular weight excluding hydrogens is 256 g/mol. The smallest absolute Gasteiger partial charge is 0.270 e. The third-order valence-electron chi connectivity index (χ3n) is 2.90. The Labute approximate surface area is 116 Å². The van der Waals surface area contributed by atoms with Gasteiger partial charge in [-0.2, -0.15) is 0 Å². The average molecular weight is 272 g/mol. The molecule has 20 heavy (non-hydrogen) atoms. The lowest BCUT2D eigenvalue weighted by Crippen LogP contribution is -2.28. The topological polar surface area (TPSA) is 62.4 Å². The van der Waals surface area contributed by atoms with Crippen molar-refractivity contribution in [1.29, 1.82) is 0 Å². The molecule has 0 aliphatic rings. The monoisotopic (exact) mass is 272 g/mol. The van der Waals surface area contributed by atoms with Crippen molar-refractivity contribution in [3.63, 3.8) is 0 Å². The van der Waals surface area contributed by atoms with Gasteiger partial charge in [0.05, 0.1) is 7.11 Å². The molecule has 0 aliphatic heterocycles. The van der Waals surface area contributed by atoms with Crippen molar-refractivity contribution in [2.45, 2.75) is 6.54 Å². The maximum atomic E-state index is 12.2. The summed E-state index contributed by atoms with van der Waals surface area (Å²) in [5.74, 6) is 0.516. The molecule has 0 aliphatic carbocycles. The number of carbonyl (C=O) groups excluding carboxylic acids is 1. The standard InChI is InChI=1S/C15H16N2O3/c1-17(10-11-5-3-6-12(9-11)20-2)15(19)13-7-4-8-14(18)16-13/h3-9H,10H2,1-2H3,(H,16,18). The summed E-state index contributed by atoms with van der Waals surface area (Å²) in [5.41, 5.74) is 0.951. The van der Waals surface area contributed by atoms with Gasteiger partial charge < -0.3 is 14.6 Å². The van der Waals surface area contributed by atoms with Crippen LogP contribution in [0.3, 0.4) is 0 Å². The molecule has 0 saturated heterocycles. The van der Waals surface area contributed by atoms with Crippen LogP contribution in [0.15, 0.2) is 47.3 Å². The minimum Gasteiger partial charge on any atom is -0.497 e. The second-order valence-corrected chi connectivity index (χ2v) is 4.44. The van der Waals surface area contributed by atoms with Gasteiger partial charge in [0, 0.05) is 19.7 Å². The van der Waals surface area contributed by atoms with E-state index in [2.05, 4.69) is 4.98 Å². The molecule has 5 heteroatoms. The van der Waals surface area contributed by atoms with Crippen molar-refractivity contribution >= 4 is 5.91 Å². The van der Waals surface area contributed by atoms with Crippen molar-refractivity contribution in [3.05, 3.63) is 64.1 Å². The first-order valence-corrected chi connectivity index (χ1v) is 6.18. The molecule has 5 nitrogen and oxygen atoms in total. The van der Waals surface area contributed by atoms with E-state index < -0.39 is 0 Å². The quantitative estimate of drug-likeness (QED) is 0.920. The normalized spacial score (nSPS) is 10.1. The Kier molecular flexibility index (Phi) is 4.20. The van der Waals surface area contributed by atoms with E-state index in [-0.39, 0.29) is 17.2 Å². The molecule has 0 radical (unpaired) electrons. The predicted molar refractivity (Wildman–Crippen MR) is 75.9 cm³/mol. The molecular formula is C15H16N2O3. The van der Waals surface area contributed by atoms with Crippen LogP contribution >= 0.6 is 0 Å². The van der Waals surface area contributed by atoms with Gasteiger partial charge in [-0.1, -0.05) is 18.2 Å². The van der Waals surface area contributed by atoms with Crippen molar-refractivity contribution in [2.24, 2.45) is 0 Å². The Morgan fingerprint density at radius 2 is 2.00 bits per heavy atom. The number of hydrogen-bond acceptors (Lipinski definition) is 3. The number of carbonyl (C=O) groups is 1. The molecule has 2 aromatic rings. The fourth-order valence-corrected chi connectivity index (χ4v) is 1.89. The first kappa shape index (κ1) is 13.9. The summed E-state index contributed by atoms with van der Waals surface area (Å²) < 4.78 is 5.15. The highest BCUT2D eigenvalue weighted by Gasteiger charge is 2.12. The van der Waals surface area contributed by atoms with Crippen molar-refractivity contribution in [2.75, 3.05) is 14.2 Å². The number of H-pyrrole nitrogens is 1. The zero-order chi connectivity index (χ0) is 14.5. The minimum atomic E-state index is -0.286. The van der Waals surface area contributed by atoms with E-state index in [0.717, 1.165) is 11.3 Å². The molecule has 1 heterocycles. The maximum absolute atomic E-state index is 12.2. The fourth-order valence-electron chi connectivity index (χ4n) is 1.89. The molecule has 1 N–H and O–H groups in total. The fraction of sp³-hybridized carbons (Fsp3) is 0.200. The van der Waals surface area contributed by atoms with E-state index in [1.165, 1.54) is 6.07 Å². The van der Waals surface area contributed by atoms with Crippen LogP contribution < -0.4 is 10.3 Å². The summed E-state index contributed by atoms with van der Waals surface area (Å²) >= 11 is 0. The number of pyridine rings is 1.